The Labute approximate surface area is 120 Å². The Hall–Kier alpha value is -1.81. The van der Waals surface area contributed by atoms with Crippen LogP contribution in [-0.4, -0.2) is 32.3 Å². The normalized spacial score (nSPS) is 10.2. The van der Waals surface area contributed by atoms with Crippen LogP contribution >= 0.6 is 0 Å². The summed E-state index contributed by atoms with van der Waals surface area (Å²) in [7, 11) is 0. The Morgan fingerprint density at radius 2 is 1.85 bits per heavy atom. The number of nitrogens with one attached hydrogen (secondary N) is 1. The van der Waals surface area contributed by atoms with Crippen LogP contribution in [-0.2, 0) is 9.53 Å². The maximum absolute atomic E-state index is 11.6. The SMILES string of the molecule is C=C(C)COCCNC(=O)COc1cc(C)cc(C)c1. The van der Waals surface area contributed by atoms with Gasteiger partial charge in [-0.05, 0) is 44.0 Å². The molecule has 0 heterocycles. The first-order chi connectivity index (χ1) is 9.47. The fourth-order valence-electron chi connectivity index (χ4n) is 1.73. The van der Waals surface area contributed by atoms with Crippen LogP contribution in [0.15, 0.2) is 30.4 Å². The van der Waals surface area contributed by atoms with Crippen molar-refractivity contribution in [3.8, 4) is 5.75 Å². The van der Waals surface area contributed by atoms with Crippen LogP contribution in [0.25, 0.3) is 0 Å². The second-order valence-corrected chi connectivity index (χ2v) is 4.97. The van der Waals surface area contributed by atoms with E-state index in [0.29, 0.717) is 19.8 Å². The molecule has 0 aliphatic carbocycles. The van der Waals surface area contributed by atoms with E-state index in [4.69, 9.17) is 9.47 Å². The summed E-state index contributed by atoms with van der Waals surface area (Å²) in [4.78, 5) is 11.6. The molecule has 1 N–H and O–H groups in total. The van der Waals surface area contributed by atoms with E-state index >= 15 is 0 Å². The number of hydrogen-bond acceptors (Lipinski definition) is 3. The molecule has 0 aliphatic rings. The minimum absolute atomic E-state index is 0.0172. The predicted molar refractivity (Wildman–Crippen MR) is 80.1 cm³/mol. The average Bonchev–Trinajstić information content (AvgIpc) is 2.34. The van der Waals surface area contributed by atoms with Crippen molar-refractivity contribution in [3.63, 3.8) is 0 Å². The third-order valence-corrected chi connectivity index (χ3v) is 2.48. The first-order valence-electron chi connectivity index (χ1n) is 6.67. The summed E-state index contributed by atoms with van der Waals surface area (Å²) >= 11 is 0. The number of ether oxygens (including phenoxy) is 2. The fourth-order valence-corrected chi connectivity index (χ4v) is 1.73. The molecular formula is C16H23NO3. The number of benzene rings is 1. The number of aryl methyl sites for hydroxylation is 2. The monoisotopic (exact) mass is 277 g/mol. The average molecular weight is 277 g/mol. The van der Waals surface area contributed by atoms with Gasteiger partial charge in [0, 0.05) is 6.54 Å². The molecule has 0 saturated heterocycles. The Bertz CT molecular complexity index is 449. The number of carbonyl (C=O) groups excluding carboxylic acids is 1. The van der Waals surface area contributed by atoms with Crippen LogP contribution in [0.4, 0.5) is 0 Å². The first-order valence-corrected chi connectivity index (χ1v) is 6.67. The molecule has 4 nitrogen and oxygen atoms in total. The molecule has 1 rings (SSSR count). The van der Waals surface area contributed by atoms with Gasteiger partial charge in [-0.2, -0.15) is 0 Å². The van der Waals surface area contributed by atoms with E-state index in [1.165, 1.54) is 0 Å². The molecule has 20 heavy (non-hydrogen) atoms. The van der Waals surface area contributed by atoms with Crippen LogP contribution in [0.3, 0.4) is 0 Å². The van der Waals surface area contributed by atoms with Crippen molar-refractivity contribution >= 4 is 5.91 Å². The minimum atomic E-state index is -0.150. The van der Waals surface area contributed by atoms with Crippen molar-refractivity contribution in [1.82, 2.24) is 5.32 Å². The zero-order valence-corrected chi connectivity index (χ0v) is 12.5. The zero-order chi connectivity index (χ0) is 15.0. The lowest BCUT2D eigenvalue weighted by molar-refractivity contribution is -0.123. The highest BCUT2D eigenvalue weighted by molar-refractivity contribution is 5.77. The van der Waals surface area contributed by atoms with E-state index in [2.05, 4.69) is 18.0 Å². The van der Waals surface area contributed by atoms with Crippen molar-refractivity contribution < 1.29 is 14.3 Å². The number of amides is 1. The summed E-state index contributed by atoms with van der Waals surface area (Å²) in [6.07, 6.45) is 0. The molecule has 0 spiro atoms. The Morgan fingerprint density at radius 1 is 1.20 bits per heavy atom. The van der Waals surface area contributed by atoms with Gasteiger partial charge in [-0.15, -0.1) is 0 Å². The van der Waals surface area contributed by atoms with E-state index < -0.39 is 0 Å². The Balaban J connectivity index is 2.21. The highest BCUT2D eigenvalue weighted by atomic mass is 16.5. The second-order valence-electron chi connectivity index (χ2n) is 4.97. The molecule has 0 aromatic heterocycles. The quantitative estimate of drug-likeness (QED) is 0.586. The van der Waals surface area contributed by atoms with Crippen molar-refractivity contribution in [2.24, 2.45) is 0 Å². The van der Waals surface area contributed by atoms with Gasteiger partial charge in [0.1, 0.15) is 5.75 Å². The number of hydrogen-bond donors (Lipinski definition) is 1. The lowest BCUT2D eigenvalue weighted by Crippen LogP contribution is -2.31. The van der Waals surface area contributed by atoms with Gasteiger partial charge >= 0.3 is 0 Å². The zero-order valence-electron chi connectivity index (χ0n) is 12.5. The molecule has 1 aromatic rings. The molecule has 0 atom stereocenters. The molecule has 4 heteroatoms. The van der Waals surface area contributed by atoms with Gasteiger partial charge in [-0.1, -0.05) is 18.2 Å². The van der Waals surface area contributed by atoms with Crippen LogP contribution in [0, 0.1) is 13.8 Å². The molecule has 1 amide bonds. The van der Waals surface area contributed by atoms with Gasteiger partial charge in [-0.3, -0.25) is 4.79 Å². The van der Waals surface area contributed by atoms with Gasteiger partial charge < -0.3 is 14.8 Å². The Morgan fingerprint density at radius 3 is 2.45 bits per heavy atom. The number of carbonyl (C=O) groups is 1. The molecule has 0 unspecified atom stereocenters. The predicted octanol–water partition coefficient (Wildman–Crippen LogP) is 2.39. The number of rotatable bonds is 8. The molecule has 0 bridgehead atoms. The van der Waals surface area contributed by atoms with Crippen molar-refractivity contribution in [1.29, 1.82) is 0 Å². The maximum Gasteiger partial charge on any atom is 0.258 e. The van der Waals surface area contributed by atoms with Gasteiger partial charge in [0.25, 0.3) is 5.91 Å². The van der Waals surface area contributed by atoms with E-state index in [1.807, 2.05) is 32.9 Å². The Kier molecular flexibility index (Phi) is 6.81. The van der Waals surface area contributed by atoms with Crippen molar-refractivity contribution in [3.05, 3.63) is 41.5 Å². The van der Waals surface area contributed by atoms with Crippen LogP contribution in [0.1, 0.15) is 18.1 Å². The minimum Gasteiger partial charge on any atom is -0.484 e. The highest BCUT2D eigenvalue weighted by Crippen LogP contribution is 2.15. The molecule has 0 saturated carbocycles. The third-order valence-electron chi connectivity index (χ3n) is 2.48. The maximum atomic E-state index is 11.6. The van der Waals surface area contributed by atoms with Gasteiger partial charge in [0.05, 0.1) is 13.2 Å². The largest absolute Gasteiger partial charge is 0.484 e. The van der Waals surface area contributed by atoms with Gasteiger partial charge in [0.15, 0.2) is 6.61 Å². The lowest BCUT2D eigenvalue weighted by atomic mass is 10.1. The van der Waals surface area contributed by atoms with Crippen LogP contribution in [0.5, 0.6) is 5.75 Å². The molecular weight excluding hydrogens is 254 g/mol. The summed E-state index contributed by atoms with van der Waals surface area (Å²) in [6, 6.07) is 5.89. The van der Waals surface area contributed by atoms with Crippen LogP contribution < -0.4 is 10.1 Å². The molecule has 1 aromatic carbocycles. The fraction of sp³-hybridized carbons (Fsp3) is 0.438. The molecule has 0 radical (unpaired) electrons. The molecule has 110 valence electrons. The van der Waals surface area contributed by atoms with E-state index in [-0.39, 0.29) is 12.5 Å². The summed E-state index contributed by atoms with van der Waals surface area (Å²) in [5.41, 5.74) is 3.21. The summed E-state index contributed by atoms with van der Waals surface area (Å²) < 4.78 is 10.7. The van der Waals surface area contributed by atoms with E-state index in [9.17, 15) is 4.79 Å². The van der Waals surface area contributed by atoms with E-state index in [0.717, 1.165) is 22.4 Å². The summed E-state index contributed by atoms with van der Waals surface area (Å²) in [5.74, 6) is 0.569. The van der Waals surface area contributed by atoms with Crippen molar-refractivity contribution in [2.45, 2.75) is 20.8 Å². The first kappa shape index (κ1) is 16.2. The third kappa shape index (κ3) is 6.95. The standard InChI is InChI=1S/C16H23NO3/c1-12(2)10-19-6-5-17-16(18)11-20-15-8-13(3)7-14(4)9-15/h7-9H,1,5-6,10-11H2,2-4H3,(H,17,18). The van der Waals surface area contributed by atoms with Crippen molar-refractivity contribution in [2.75, 3.05) is 26.4 Å². The van der Waals surface area contributed by atoms with Gasteiger partial charge in [0.2, 0.25) is 0 Å². The van der Waals surface area contributed by atoms with Crippen LogP contribution in [0.2, 0.25) is 0 Å². The summed E-state index contributed by atoms with van der Waals surface area (Å²) in [6.45, 7) is 11.1. The van der Waals surface area contributed by atoms with E-state index in [1.54, 1.807) is 0 Å². The second kappa shape index (κ2) is 8.38. The molecule has 0 fully saturated rings. The summed E-state index contributed by atoms with van der Waals surface area (Å²) in [5, 5.41) is 2.74. The molecule has 0 aliphatic heterocycles. The van der Waals surface area contributed by atoms with Gasteiger partial charge in [-0.25, -0.2) is 0 Å². The smallest absolute Gasteiger partial charge is 0.258 e. The lowest BCUT2D eigenvalue weighted by Gasteiger charge is -2.09. The highest BCUT2D eigenvalue weighted by Gasteiger charge is 2.03. The topological polar surface area (TPSA) is 47.6 Å².